The van der Waals surface area contributed by atoms with Crippen LogP contribution in [-0.2, 0) is 6.42 Å². The van der Waals surface area contributed by atoms with Gasteiger partial charge in [0.15, 0.2) is 5.78 Å². The molecule has 0 aliphatic carbocycles. The van der Waals surface area contributed by atoms with Crippen LogP contribution in [0.3, 0.4) is 0 Å². The molecule has 2 aromatic carbocycles. The highest BCUT2D eigenvalue weighted by molar-refractivity contribution is 6.30. The molecule has 0 aromatic heterocycles. The van der Waals surface area contributed by atoms with Crippen molar-refractivity contribution in [3.05, 3.63) is 64.7 Å². The average Bonchev–Trinajstić information content (AvgIpc) is 2.38. The minimum atomic E-state index is -0.0527. The molecule has 1 N–H and O–H groups in total. The number of hydrogen-bond donors (Lipinski definition) is 1. The second-order valence-corrected chi connectivity index (χ2v) is 4.50. The van der Waals surface area contributed by atoms with E-state index in [2.05, 4.69) is 0 Å². The minimum absolute atomic E-state index is 0.0404. The molecule has 0 unspecified atom stereocenters. The third-order valence-electron chi connectivity index (χ3n) is 2.76. The number of aryl methyl sites for hydroxylation is 1. The van der Waals surface area contributed by atoms with E-state index in [4.69, 9.17) is 11.6 Å². The Kier molecular flexibility index (Phi) is 4.00. The third kappa shape index (κ3) is 3.11. The molecule has 18 heavy (non-hydrogen) atoms. The van der Waals surface area contributed by atoms with E-state index in [1.807, 2.05) is 12.1 Å². The lowest BCUT2D eigenvalue weighted by atomic mass is 10.0. The van der Waals surface area contributed by atoms with Crippen molar-refractivity contribution in [3.63, 3.8) is 0 Å². The molecule has 0 amide bonds. The number of ketones is 1. The van der Waals surface area contributed by atoms with E-state index in [-0.39, 0.29) is 11.5 Å². The van der Waals surface area contributed by atoms with Gasteiger partial charge in [-0.15, -0.1) is 0 Å². The fourth-order valence-electron chi connectivity index (χ4n) is 1.75. The molecule has 0 aliphatic heterocycles. The van der Waals surface area contributed by atoms with E-state index < -0.39 is 0 Å². The van der Waals surface area contributed by atoms with Gasteiger partial charge in [0, 0.05) is 11.4 Å². The van der Waals surface area contributed by atoms with Crippen molar-refractivity contribution < 1.29 is 9.90 Å². The average molecular weight is 261 g/mol. The quantitative estimate of drug-likeness (QED) is 0.848. The highest BCUT2D eigenvalue weighted by atomic mass is 35.5. The van der Waals surface area contributed by atoms with E-state index in [9.17, 15) is 9.90 Å². The molecule has 2 aromatic rings. The molecule has 92 valence electrons. The first kappa shape index (κ1) is 12.7. The Balaban J connectivity index is 2.01. The molecular weight excluding hydrogens is 248 g/mol. The number of aromatic hydroxyl groups is 1. The summed E-state index contributed by atoms with van der Waals surface area (Å²) in [5.74, 6) is -0.0124. The standard InChI is InChI=1S/C15H13ClO2/c16-12-8-5-11(6-9-12)7-10-15(18)13-3-1-2-4-14(13)17/h1-6,8-9,17H,7,10H2. The summed E-state index contributed by atoms with van der Waals surface area (Å²) in [4.78, 5) is 11.9. The van der Waals surface area contributed by atoms with Crippen molar-refractivity contribution in [3.8, 4) is 5.75 Å². The first-order valence-electron chi connectivity index (χ1n) is 5.72. The molecular formula is C15H13ClO2. The maximum Gasteiger partial charge on any atom is 0.166 e. The minimum Gasteiger partial charge on any atom is -0.507 e. The summed E-state index contributed by atoms with van der Waals surface area (Å²) >= 11 is 5.79. The predicted octanol–water partition coefficient (Wildman–Crippen LogP) is 3.86. The first-order chi connectivity index (χ1) is 8.66. The van der Waals surface area contributed by atoms with Gasteiger partial charge < -0.3 is 5.11 Å². The molecule has 3 heteroatoms. The Morgan fingerprint density at radius 2 is 1.72 bits per heavy atom. The molecule has 0 saturated heterocycles. The van der Waals surface area contributed by atoms with Gasteiger partial charge in [0.1, 0.15) is 5.75 Å². The Bertz CT molecular complexity index is 547. The van der Waals surface area contributed by atoms with Gasteiger partial charge in [-0.25, -0.2) is 0 Å². The van der Waals surface area contributed by atoms with E-state index >= 15 is 0 Å². The van der Waals surface area contributed by atoms with Crippen molar-refractivity contribution in [2.45, 2.75) is 12.8 Å². The molecule has 0 fully saturated rings. The summed E-state index contributed by atoms with van der Waals surface area (Å²) in [6.07, 6.45) is 1.02. The van der Waals surface area contributed by atoms with Gasteiger partial charge in [-0.1, -0.05) is 35.9 Å². The number of phenolic OH excluding ortho intramolecular Hbond substituents is 1. The number of rotatable bonds is 4. The van der Waals surface area contributed by atoms with Crippen LogP contribution in [0.15, 0.2) is 48.5 Å². The van der Waals surface area contributed by atoms with Crippen molar-refractivity contribution >= 4 is 17.4 Å². The highest BCUT2D eigenvalue weighted by Crippen LogP contribution is 2.19. The van der Waals surface area contributed by atoms with E-state index in [0.29, 0.717) is 23.4 Å². The monoisotopic (exact) mass is 260 g/mol. The second-order valence-electron chi connectivity index (χ2n) is 4.07. The molecule has 0 saturated carbocycles. The molecule has 0 aliphatic rings. The van der Waals surface area contributed by atoms with Gasteiger partial charge in [0.25, 0.3) is 0 Å². The predicted molar refractivity (Wildman–Crippen MR) is 72.2 cm³/mol. The molecule has 0 bridgehead atoms. The number of benzene rings is 2. The van der Waals surface area contributed by atoms with Crippen LogP contribution in [0.25, 0.3) is 0 Å². The zero-order chi connectivity index (χ0) is 13.0. The van der Waals surface area contributed by atoms with Crippen LogP contribution in [0.2, 0.25) is 5.02 Å². The van der Waals surface area contributed by atoms with Gasteiger partial charge in [0.2, 0.25) is 0 Å². The van der Waals surface area contributed by atoms with Crippen molar-refractivity contribution in [1.82, 2.24) is 0 Å². The number of halogens is 1. The van der Waals surface area contributed by atoms with Gasteiger partial charge >= 0.3 is 0 Å². The van der Waals surface area contributed by atoms with Crippen LogP contribution in [0.5, 0.6) is 5.75 Å². The number of phenols is 1. The van der Waals surface area contributed by atoms with Crippen molar-refractivity contribution in [2.75, 3.05) is 0 Å². The summed E-state index contributed by atoms with van der Waals surface area (Å²) in [5, 5.41) is 10.3. The maximum atomic E-state index is 11.9. The van der Waals surface area contributed by atoms with Gasteiger partial charge in [-0.05, 0) is 36.2 Å². The summed E-state index contributed by atoms with van der Waals surface area (Å²) in [7, 11) is 0. The largest absolute Gasteiger partial charge is 0.507 e. The topological polar surface area (TPSA) is 37.3 Å². The SMILES string of the molecule is O=C(CCc1ccc(Cl)cc1)c1ccccc1O. The third-order valence-corrected chi connectivity index (χ3v) is 3.01. The second kappa shape index (κ2) is 5.69. The first-order valence-corrected chi connectivity index (χ1v) is 6.10. The molecule has 0 spiro atoms. The normalized spacial score (nSPS) is 10.3. The summed E-state index contributed by atoms with van der Waals surface area (Å²) in [6.45, 7) is 0. The number of carbonyl (C=O) groups excluding carboxylic acids is 1. The number of para-hydroxylation sites is 1. The Morgan fingerprint density at radius 1 is 1.06 bits per heavy atom. The zero-order valence-electron chi connectivity index (χ0n) is 9.77. The molecule has 2 nitrogen and oxygen atoms in total. The Hall–Kier alpha value is -1.80. The smallest absolute Gasteiger partial charge is 0.166 e. The van der Waals surface area contributed by atoms with Crippen molar-refractivity contribution in [1.29, 1.82) is 0 Å². The van der Waals surface area contributed by atoms with Crippen LogP contribution in [0, 0.1) is 0 Å². The van der Waals surface area contributed by atoms with Crippen LogP contribution < -0.4 is 0 Å². The van der Waals surface area contributed by atoms with Gasteiger partial charge in [-0.3, -0.25) is 4.79 Å². The van der Waals surface area contributed by atoms with E-state index in [0.717, 1.165) is 5.56 Å². The summed E-state index contributed by atoms with van der Waals surface area (Å²) in [6, 6.07) is 14.0. The van der Waals surface area contributed by atoms with Gasteiger partial charge in [-0.2, -0.15) is 0 Å². The Labute approximate surface area is 111 Å². The lowest BCUT2D eigenvalue weighted by molar-refractivity contribution is 0.0980. The van der Waals surface area contributed by atoms with Crippen LogP contribution in [0.1, 0.15) is 22.3 Å². The van der Waals surface area contributed by atoms with Crippen LogP contribution in [0.4, 0.5) is 0 Å². The molecule has 0 radical (unpaired) electrons. The molecule has 2 rings (SSSR count). The van der Waals surface area contributed by atoms with Crippen LogP contribution >= 0.6 is 11.6 Å². The fraction of sp³-hybridized carbons (Fsp3) is 0.133. The van der Waals surface area contributed by atoms with E-state index in [1.165, 1.54) is 6.07 Å². The van der Waals surface area contributed by atoms with Gasteiger partial charge in [0.05, 0.1) is 5.56 Å². The summed E-state index contributed by atoms with van der Waals surface area (Å²) < 4.78 is 0. The highest BCUT2D eigenvalue weighted by Gasteiger charge is 2.10. The van der Waals surface area contributed by atoms with Crippen molar-refractivity contribution in [2.24, 2.45) is 0 Å². The number of Topliss-reactive ketones (excluding diaryl/α,β-unsaturated/α-hetero) is 1. The molecule has 0 atom stereocenters. The number of hydrogen-bond acceptors (Lipinski definition) is 2. The fourth-order valence-corrected chi connectivity index (χ4v) is 1.88. The number of carbonyl (C=O) groups is 1. The summed E-state index contributed by atoms with van der Waals surface area (Å²) in [5.41, 5.74) is 1.44. The van der Waals surface area contributed by atoms with Crippen LogP contribution in [-0.4, -0.2) is 10.9 Å². The maximum absolute atomic E-state index is 11.9. The lowest BCUT2D eigenvalue weighted by Crippen LogP contribution is -2.01. The zero-order valence-corrected chi connectivity index (χ0v) is 10.5. The molecule has 0 heterocycles. The Morgan fingerprint density at radius 3 is 2.39 bits per heavy atom. The van der Waals surface area contributed by atoms with E-state index in [1.54, 1.807) is 30.3 Å². The lowest BCUT2D eigenvalue weighted by Gasteiger charge is -2.04.